The van der Waals surface area contributed by atoms with Gasteiger partial charge in [0.15, 0.2) is 6.61 Å². The molecule has 3 heterocycles. The van der Waals surface area contributed by atoms with Gasteiger partial charge in [0.05, 0.1) is 22.4 Å². The van der Waals surface area contributed by atoms with E-state index in [0.29, 0.717) is 17.2 Å². The van der Waals surface area contributed by atoms with Crippen molar-refractivity contribution >= 4 is 52.5 Å². The molecule has 234 valence electrons. The van der Waals surface area contributed by atoms with E-state index in [4.69, 9.17) is 4.74 Å². The fraction of sp³-hybridized carbons (Fsp3) is 0.367. The van der Waals surface area contributed by atoms with Gasteiger partial charge in [-0.1, -0.05) is 29.5 Å². The Balaban J connectivity index is 1.14. The fourth-order valence-corrected chi connectivity index (χ4v) is 10.5. The largest absolute Gasteiger partial charge is 0.484 e. The van der Waals surface area contributed by atoms with Crippen LogP contribution in [0.4, 0.5) is 18.9 Å². The Labute approximate surface area is 261 Å². The van der Waals surface area contributed by atoms with E-state index in [1.54, 1.807) is 18.2 Å². The van der Waals surface area contributed by atoms with Crippen molar-refractivity contribution in [3.63, 3.8) is 0 Å². The molecule has 3 N–H and O–H groups in total. The lowest BCUT2D eigenvalue weighted by Crippen LogP contribution is -2.42. The summed E-state index contributed by atoms with van der Waals surface area (Å²) in [6.07, 6.45) is -3.92. The van der Waals surface area contributed by atoms with Gasteiger partial charge in [-0.3, -0.25) is 28.9 Å². The third-order valence-corrected chi connectivity index (χ3v) is 11.8. The number of hydrogen-bond donors (Lipinski definition) is 3. The fourth-order valence-electron chi connectivity index (χ4n) is 7.66. The Hall–Kier alpha value is -4.11. The Morgan fingerprint density at radius 3 is 2.51 bits per heavy atom. The van der Waals surface area contributed by atoms with Crippen LogP contribution in [0, 0.1) is 29.6 Å². The number of imide groups is 1. The first kappa shape index (κ1) is 29.6. The number of ether oxygens (including phenoxy) is 1. The molecule has 4 aliphatic rings. The van der Waals surface area contributed by atoms with Crippen molar-refractivity contribution in [3.8, 4) is 5.75 Å². The number of benzene rings is 2. The van der Waals surface area contributed by atoms with Crippen molar-refractivity contribution in [2.24, 2.45) is 29.6 Å². The van der Waals surface area contributed by atoms with Crippen LogP contribution in [-0.4, -0.2) is 57.1 Å². The van der Waals surface area contributed by atoms with Crippen LogP contribution < -0.4 is 14.9 Å². The maximum Gasteiger partial charge on any atom is 0.416 e. The first-order valence-electron chi connectivity index (χ1n) is 14.1. The maximum absolute atomic E-state index is 13.4. The normalized spacial score (nSPS) is 28.1. The number of thioether (sulfide) groups is 1. The number of aliphatic carboxylic acids is 1. The summed E-state index contributed by atoms with van der Waals surface area (Å²) in [5, 5.41) is 12.3. The van der Waals surface area contributed by atoms with Crippen LogP contribution in [-0.2, 0) is 25.4 Å². The van der Waals surface area contributed by atoms with E-state index in [0.717, 1.165) is 38.8 Å². The summed E-state index contributed by atoms with van der Waals surface area (Å²) in [6, 6.07) is 11.2. The SMILES string of the molecule is O=C(O)CN1C(=O)C2C3CC(C2C1=O)C1C3Sc2[nH]c(=O)sc2[C@@H]1c1cccc(OCC(=O)Nc2cccc(C(F)(F)F)c2)c1. The van der Waals surface area contributed by atoms with Gasteiger partial charge in [-0.05, 0) is 60.1 Å². The van der Waals surface area contributed by atoms with Gasteiger partial charge < -0.3 is 20.1 Å². The summed E-state index contributed by atoms with van der Waals surface area (Å²) in [5.41, 5.74) is -0.139. The highest BCUT2D eigenvalue weighted by molar-refractivity contribution is 8.00. The second-order valence-corrected chi connectivity index (χ2v) is 13.8. The summed E-state index contributed by atoms with van der Waals surface area (Å²) in [6.45, 7) is -1.14. The second-order valence-electron chi connectivity index (χ2n) is 11.6. The highest BCUT2D eigenvalue weighted by atomic mass is 32.2. The number of amides is 3. The molecule has 7 atom stereocenters. The number of thiazole rings is 1. The first-order valence-corrected chi connectivity index (χ1v) is 15.8. The van der Waals surface area contributed by atoms with Gasteiger partial charge in [-0.2, -0.15) is 13.2 Å². The minimum atomic E-state index is -4.56. The van der Waals surface area contributed by atoms with Crippen LogP contribution in [0.25, 0.3) is 0 Å². The van der Waals surface area contributed by atoms with E-state index in [2.05, 4.69) is 10.3 Å². The molecule has 7 rings (SSSR count). The van der Waals surface area contributed by atoms with Crippen molar-refractivity contribution in [2.75, 3.05) is 18.5 Å². The molecule has 6 unspecified atom stereocenters. The van der Waals surface area contributed by atoms with Gasteiger partial charge >= 0.3 is 17.0 Å². The van der Waals surface area contributed by atoms with Gasteiger partial charge in [-0.15, -0.1) is 11.8 Å². The molecule has 2 saturated carbocycles. The lowest BCUT2D eigenvalue weighted by atomic mass is 9.68. The van der Waals surface area contributed by atoms with Crippen LogP contribution in [0.3, 0.4) is 0 Å². The van der Waals surface area contributed by atoms with Crippen LogP contribution in [0.15, 0.2) is 58.4 Å². The average Bonchev–Trinajstić information content (AvgIpc) is 3.72. The minimum Gasteiger partial charge on any atom is -0.484 e. The number of nitrogens with one attached hydrogen (secondary N) is 2. The van der Waals surface area contributed by atoms with Gasteiger partial charge in [0.25, 0.3) is 5.91 Å². The number of H-pyrrole nitrogens is 1. The third-order valence-electron chi connectivity index (χ3n) is 9.17. The highest BCUT2D eigenvalue weighted by Crippen LogP contribution is 2.68. The molecule has 2 aliphatic carbocycles. The molecule has 0 radical (unpaired) electrons. The van der Waals surface area contributed by atoms with Crippen molar-refractivity contribution in [2.45, 2.75) is 28.8 Å². The van der Waals surface area contributed by atoms with E-state index >= 15 is 0 Å². The van der Waals surface area contributed by atoms with Crippen LogP contribution in [0.2, 0.25) is 0 Å². The quantitative estimate of drug-likeness (QED) is 0.323. The zero-order valence-electron chi connectivity index (χ0n) is 23.1. The van der Waals surface area contributed by atoms with Gasteiger partial charge in [0.1, 0.15) is 12.3 Å². The average molecular weight is 660 g/mol. The van der Waals surface area contributed by atoms with Gasteiger partial charge in [-0.25, -0.2) is 0 Å². The Morgan fingerprint density at radius 1 is 1.04 bits per heavy atom. The van der Waals surface area contributed by atoms with Crippen LogP contribution in [0.1, 0.15) is 28.3 Å². The second kappa shape index (κ2) is 10.8. The molecular weight excluding hydrogens is 635 g/mol. The van der Waals surface area contributed by atoms with E-state index < -0.39 is 60.4 Å². The topological polar surface area (TPSA) is 146 Å². The summed E-state index contributed by atoms with van der Waals surface area (Å²) < 4.78 is 44.8. The van der Waals surface area contributed by atoms with Crippen molar-refractivity contribution in [1.29, 1.82) is 0 Å². The number of aromatic amines is 1. The van der Waals surface area contributed by atoms with Crippen molar-refractivity contribution in [1.82, 2.24) is 9.88 Å². The Kier molecular flexibility index (Phi) is 7.07. The molecule has 15 heteroatoms. The number of alkyl halides is 3. The molecule has 3 amide bonds. The molecular formula is C30H24F3N3O7S2. The van der Waals surface area contributed by atoms with Gasteiger partial charge in [0, 0.05) is 21.7 Å². The summed E-state index contributed by atoms with van der Waals surface area (Å²) in [4.78, 5) is 67.3. The molecule has 1 saturated heterocycles. The molecule has 2 bridgehead atoms. The van der Waals surface area contributed by atoms with Crippen molar-refractivity contribution in [3.05, 3.63) is 74.2 Å². The number of nitrogens with zero attached hydrogens (tertiary/aromatic N) is 1. The van der Waals surface area contributed by atoms with E-state index in [1.165, 1.54) is 23.9 Å². The van der Waals surface area contributed by atoms with Crippen LogP contribution in [0.5, 0.6) is 5.75 Å². The predicted octanol–water partition coefficient (Wildman–Crippen LogP) is 4.03. The number of hydrogen-bond acceptors (Lipinski definition) is 8. The molecule has 1 aromatic heterocycles. The molecule has 2 aromatic carbocycles. The van der Waals surface area contributed by atoms with Crippen LogP contribution >= 0.6 is 23.1 Å². The highest BCUT2D eigenvalue weighted by Gasteiger charge is 2.69. The number of rotatable bonds is 7. The lowest BCUT2D eigenvalue weighted by Gasteiger charge is -2.43. The first-order chi connectivity index (χ1) is 21.4. The molecule has 0 spiro atoms. The number of fused-ring (bicyclic) bond motifs is 9. The zero-order valence-corrected chi connectivity index (χ0v) is 24.7. The summed E-state index contributed by atoms with van der Waals surface area (Å²) >= 11 is 2.58. The Morgan fingerprint density at radius 2 is 1.78 bits per heavy atom. The Bertz CT molecular complexity index is 1810. The van der Waals surface area contributed by atoms with E-state index in [9.17, 15) is 42.3 Å². The number of likely N-dealkylation sites (tertiary alicyclic amines) is 1. The molecule has 2 aliphatic heterocycles. The maximum atomic E-state index is 13.4. The number of aromatic nitrogens is 1. The molecule has 10 nitrogen and oxygen atoms in total. The van der Waals surface area contributed by atoms with E-state index in [-0.39, 0.29) is 39.5 Å². The van der Waals surface area contributed by atoms with E-state index in [1.807, 2.05) is 6.07 Å². The smallest absolute Gasteiger partial charge is 0.416 e. The molecule has 45 heavy (non-hydrogen) atoms. The summed E-state index contributed by atoms with van der Waals surface area (Å²) in [7, 11) is 0. The number of carbonyl (C=O) groups is 4. The van der Waals surface area contributed by atoms with Crippen molar-refractivity contribution < 1.29 is 42.2 Å². The summed E-state index contributed by atoms with van der Waals surface area (Å²) in [5.74, 6) is -4.52. The minimum absolute atomic E-state index is 0.0238. The number of carboxylic acid groups (broad SMARTS) is 1. The number of carboxylic acids is 1. The standard InChI is InChI=1S/C30H24F3N3O7S2/c31-30(32,33)13-4-2-5-14(8-13)34-18(37)11-43-15-6-1-3-12(7-15)20-21-16-9-17(24(21)44-26-25(20)45-29(42)35-26)23-22(16)27(40)36(28(23)41)10-19(38)39/h1-8,16-17,20-24H,9-11H2,(H,34,37)(H,35,42)(H,38,39)/t16?,17?,20-,21?,22?,23?,24?/m1/s1. The molecule has 3 fully saturated rings. The zero-order chi connectivity index (χ0) is 31.8. The third kappa shape index (κ3) is 5.01. The van der Waals surface area contributed by atoms with Gasteiger partial charge in [0.2, 0.25) is 11.8 Å². The predicted molar refractivity (Wildman–Crippen MR) is 155 cm³/mol. The number of anilines is 1. The number of halogens is 3. The lowest BCUT2D eigenvalue weighted by molar-refractivity contribution is -0.149. The number of carbonyl (C=O) groups excluding carboxylic acids is 3. The molecule has 3 aromatic rings. The monoisotopic (exact) mass is 659 g/mol.